The van der Waals surface area contributed by atoms with Crippen LogP contribution in [0.15, 0.2) is 18.2 Å². The van der Waals surface area contributed by atoms with Gasteiger partial charge in [0.2, 0.25) is 0 Å². The van der Waals surface area contributed by atoms with Gasteiger partial charge in [-0.25, -0.2) is 4.79 Å². The number of hydrogen-bond acceptors (Lipinski definition) is 2. The first-order valence-electron chi connectivity index (χ1n) is 6.36. The van der Waals surface area contributed by atoms with E-state index in [9.17, 15) is 9.90 Å². The van der Waals surface area contributed by atoms with E-state index in [0.29, 0.717) is 11.7 Å². The number of carboxylic acids is 1. The zero-order valence-corrected chi connectivity index (χ0v) is 11.2. The fourth-order valence-electron chi connectivity index (χ4n) is 2.49. The van der Waals surface area contributed by atoms with Gasteiger partial charge >= 0.3 is 5.97 Å². The summed E-state index contributed by atoms with van der Waals surface area (Å²) in [5, 5.41) is 12.8. The predicted molar refractivity (Wildman–Crippen MR) is 73.5 cm³/mol. The molecule has 2 N–H and O–H groups in total. The third-order valence-electron chi connectivity index (χ3n) is 3.60. The van der Waals surface area contributed by atoms with Crippen LogP contribution in [0, 0.1) is 5.92 Å². The molecule has 1 aromatic rings. The van der Waals surface area contributed by atoms with E-state index in [2.05, 4.69) is 12.2 Å². The van der Waals surface area contributed by atoms with E-state index >= 15 is 0 Å². The van der Waals surface area contributed by atoms with Crippen molar-refractivity contribution in [3.63, 3.8) is 0 Å². The molecule has 0 saturated heterocycles. The molecule has 1 aromatic carbocycles. The topological polar surface area (TPSA) is 49.3 Å². The van der Waals surface area contributed by atoms with Crippen molar-refractivity contribution in [2.24, 2.45) is 5.92 Å². The van der Waals surface area contributed by atoms with E-state index in [0.717, 1.165) is 18.8 Å². The lowest BCUT2D eigenvalue weighted by Crippen LogP contribution is -2.26. The Balaban J connectivity index is 2.14. The summed E-state index contributed by atoms with van der Waals surface area (Å²) in [4.78, 5) is 11.2. The standard InChI is InChI=1S/C14H18ClNO2/c1-9-5-7-10(8-6-9)16-12-4-2-3-11(15)13(12)14(17)18/h2-4,9-10,16H,5-8H2,1H3,(H,17,18). The van der Waals surface area contributed by atoms with Crippen LogP contribution in [-0.4, -0.2) is 17.1 Å². The Morgan fingerprint density at radius 3 is 2.61 bits per heavy atom. The van der Waals surface area contributed by atoms with Gasteiger partial charge in [0.25, 0.3) is 0 Å². The number of carbonyl (C=O) groups is 1. The molecule has 0 unspecified atom stereocenters. The number of halogens is 1. The molecule has 98 valence electrons. The van der Waals surface area contributed by atoms with Crippen molar-refractivity contribution in [1.29, 1.82) is 0 Å². The first-order chi connectivity index (χ1) is 8.58. The molecule has 2 rings (SSSR count). The summed E-state index contributed by atoms with van der Waals surface area (Å²) < 4.78 is 0. The fraction of sp³-hybridized carbons (Fsp3) is 0.500. The first-order valence-corrected chi connectivity index (χ1v) is 6.74. The second-order valence-electron chi connectivity index (χ2n) is 5.07. The van der Waals surface area contributed by atoms with E-state index in [1.54, 1.807) is 18.2 Å². The maximum Gasteiger partial charge on any atom is 0.339 e. The second kappa shape index (κ2) is 5.61. The lowest BCUT2D eigenvalue weighted by atomic mass is 9.87. The van der Waals surface area contributed by atoms with Gasteiger partial charge in [-0.1, -0.05) is 24.6 Å². The van der Waals surface area contributed by atoms with Crippen LogP contribution >= 0.6 is 11.6 Å². The SMILES string of the molecule is CC1CCC(Nc2cccc(Cl)c2C(=O)O)CC1. The highest BCUT2D eigenvalue weighted by molar-refractivity contribution is 6.34. The molecule has 0 bridgehead atoms. The van der Waals surface area contributed by atoms with Gasteiger partial charge in [-0.15, -0.1) is 0 Å². The summed E-state index contributed by atoms with van der Waals surface area (Å²) in [6.07, 6.45) is 4.57. The van der Waals surface area contributed by atoms with Crippen molar-refractivity contribution < 1.29 is 9.90 Å². The average molecular weight is 268 g/mol. The van der Waals surface area contributed by atoms with Crippen LogP contribution in [-0.2, 0) is 0 Å². The third kappa shape index (κ3) is 2.96. The van der Waals surface area contributed by atoms with Gasteiger partial charge in [0.1, 0.15) is 5.56 Å². The molecular formula is C14H18ClNO2. The minimum atomic E-state index is -0.979. The number of aromatic carboxylic acids is 1. The maximum atomic E-state index is 11.2. The molecule has 0 aliphatic heterocycles. The molecule has 0 radical (unpaired) electrons. The Kier molecular flexibility index (Phi) is 4.12. The molecule has 1 aliphatic carbocycles. The highest BCUT2D eigenvalue weighted by atomic mass is 35.5. The molecule has 0 aromatic heterocycles. The van der Waals surface area contributed by atoms with Crippen molar-refractivity contribution in [2.75, 3.05) is 5.32 Å². The number of hydrogen-bond donors (Lipinski definition) is 2. The first kappa shape index (κ1) is 13.2. The van der Waals surface area contributed by atoms with Crippen molar-refractivity contribution in [1.82, 2.24) is 0 Å². The van der Waals surface area contributed by atoms with Crippen LogP contribution in [0.2, 0.25) is 5.02 Å². The molecule has 4 heteroatoms. The third-order valence-corrected chi connectivity index (χ3v) is 3.92. The molecule has 1 aliphatic rings. The van der Waals surface area contributed by atoms with E-state index in [4.69, 9.17) is 11.6 Å². The van der Waals surface area contributed by atoms with Crippen LogP contribution in [0.3, 0.4) is 0 Å². The zero-order chi connectivity index (χ0) is 13.1. The van der Waals surface area contributed by atoms with E-state index in [-0.39, 0.29) is 10.6 Å². The molecular weight excluding hydrogens is 250 g/mol. The lowest BCUT2D eigenvalue weighted by Gasteiger charge is -2.28. The van der Waals surface area contributed by atoms with Crippen molar-refractivity contribution in [3.8, 4) is 0 Å². The molecule has 0 heterocycles. The number of carboxylic acid groups (broad SMARTS) is 1. The Labute approximate surface area is 112 Å². The summed E-state index contributed by atoms with van der Waals surface area (Å²) in [7, 11) is 0. The van der Waals surface area contributed by atoms with Gasteiger partial charge in [-0.3, -0.25) is 0 Å². The number of anilines is 1. The molecule has 1 fully saturated rings. The predicted octanol–water partition coefficient (Wildman–Crippen LogP) is 4.03. The van der Waals surface area contributed by atoms with Crippen molar-refractivity contribution >= 4 is 23.3 Å². The van der Waals surface area contributed by atoms with Gasteiger partial charge in [0, 0.05) is 6.04 Å². The molecule has 3 nitrogen and oxygen atoms in total. The molecule has 18 heavy (non-hydrogen) atoms. The minimum absolute atomic E-state index is 0.179. The number of rotatable bonds is 3. The average Bonchev–Trinajstić information content (AvgIpc) is 2.32. The van der Waals surface area contributed by atoms with E-state index < -0.39 is 5.97 Å². The zero-order valence-electron chi connectivity index (χ0n) is 10.4. The largest absolute Gasteiger partial charge is 0.478 e. The highest BCUT2D eigenvalue weighted by Gasteiger charge is 2.21. The smallest absolute Gasteiger partial charge is 0.339 e. The van der Waals surface area contributed by atoms with Crippen LogP contribution in [0.25, 0.3) is 0 Å². The Morgan fingerprint density at radius 2 is 2.00 bits per heavy atom. The van der Waals surface area contributed by atoms with Crippen LogP contribution in [0.4, 0.5) is 5.69 Å². The monoisotopic (exact) mass is 267 g/mol. The summed E-state index contributed by atoms with van der Waals surface area (Å²) >= 11 is 5.94. The molecule has 0 amide bonds. The Morgan fingerprint density at radius 1 is 1.33 bits per heavy atom. The summed E-state index contributed by atoms with van der Waals surface area (Å²) in [5.74, 6) is -0.200. The highest BCUT2D eigenvalue weighted by Crippen LogP contribution is 2.29. The van der Waals surface area contributed by atoms with Crippen LogP contribution in [0.1, 0.15) is 43.0 Å². The summed E-state index contributed by atoms with van der Waals surface area (Å²) in [5.41, 5.74) is 0.812. The van der Waals surface area contributed by atoms with Crippen LogP contribution in [0.5, 0.6) is 0 Å². The number of benzene rings is 1. The Bertz CT molecular complexity index is 439. The molecule has 0 atom stereocenters. The molecule has 1 saturated carbocycles. The van der Waals surface area contributed by atoms with Gasteiger partial charge in [0.15, 0.2) is 0 Å². The minimum Gasteiger partial charge on any atom is -0.478 e. The van der Waals surface area contributed by atoms with Gasteiger partial charge in [0.05, 0.1) is 10.7 Å². The summed E-state index contributed by atoms with van der Waals surface area (Å²) in [6.45, 7) is 2.26. The van der Waals surface area contributed by atoms with Gasteiger partial charge in [-0.2, -0.15) is 0 Å². The summed E-state index contributed by atoms with van der Waals surface area (Å²) in [6, 6.07) is 5.53. The van der Waals surface area contributed by atoms with Gasteiger partial charge < -0.3 is 10.4 Å². The number of nitrogens with one attached hydrogen (secondary N) is 1. The van der Waals surface area contributed by atoms with Crippen molar-refractivity contribution in [2.45, 2.75) is 38.6 Å². The van der Waals surface area contributed by atoms with Gasteiger partial charge in [-0.05, 0) is 43.7 Å². The quantitative estimate of drug-likeness (QED) is 0.869. The van der Waals surface area contributed by atoms with Crippen LogP contribution < -0.4 is 5.32 Å². The van der Waals surface area contributed by atoms with E-state index in [1.165, 1.54) is 12.8 Å². The fourth-order valence-corrected chi connectivity index (χ4v) is 2.74. The lowest BCUT2D eigenvalue weighted by molar-refractivity contribution is 0.0698. The maximum absolute atomic E-state index is 11.2. The molecule has 0 spiro atoms. The Hall–Kier alpha value is -1.22. The normalized spacial score (nSPS) is 23.7. The van der Waals surface area contributed by atoms with E-state index in [1.807, 2.05) is 0 Å². The second-order valence-corrected chi connectivity index (χ2v) is 5.48. The van der Waals surface area contributed by atoms with Crippen molar-refractivity contribution in [3.05, 3.63) is 28.8 Å².